The highest BCUT2D eigenvalue weighted by atomic mass is 28.3. The van der Waals surface area contributed by atoms with Gasteiger partial charge < -0.3 is 10.2 Å². The largest absolute Gasteiger partial charge is 0.348 e. The van der Waals surface area contributed by atoms with E-state index < -0.39 is 8.07 Å². The molecule has 1 aromatic heterocycles. The number of rotatable bonds is 2. The molecule has 2 unspecified atom stereocenters. The Hall–Kier alpha value is -2.10. The van der Waals surface area contributed by atoms with Crippen LogP contribution in [0.4, 0.5) is 0 Å². The Bertz CT molecular complexity index is 919. The molecule has 1 aromatic carbocycles. The van der Waals surface area contributed by atoms with Crippen LogP contribution in [-0.2, 0) is 0 Å². The van der Waals surface area contributed by atoms with Gasteiger partial charge in [0.1, 0.15) is 8.07 Å². The molecular weight excluding hydrogens is 352 g/mol. The van der Waals surface area contributed by atoms with E-state index in [-0.39, 0.29) is 11.9 Å². The quantitative estimate of drug-likeness (QED) is 0.621. The number of carbonyl (C=O) groups excluding carboxylic acids is 1. The Morgan fingerprint density at radius 3 is 2.63 bits per heavy atom. The van der Waals surface area contributed by atoms with Crippen molar-refractivity contribution in [1.29, 1.82) is 0 Å². The molecule has 0 spiro atoms. The number of amides is 1. The van der Waals surface area contributed by atoms with Gasteiger partial charge in [0.15, 0.2) is 5.69 Å². The molecule has 1 amide bonds. The molecule has 2 saturated heterocycles. The van der Waals surface area contributed by atoms with Crippen LogP contribution in [0.25, 0.3) is 10.9 Å². The van der Waals surface area contributed by atoms with Gasteiger partial charge in [0.05, 0.1) is 5.52 Å². The zero-order valence-corrected chi connectivity index (χ0v) is 17.6. The highest BCUT2D eigenvalue weighted by Crippen LogP contribution is 2.34. The molecule has 5 nitrogen and oxygen atoms in total. The average Bonchev–Trinajstić information content (AvgIpc) is 3.09. The van der Waals surface area contributed by atoms with Gasteiger partial charge in [-0.1, -0.05) is 25.6 Å². The lowest BCUT2D eigenvalue weighted by Gasteiger charge is -2.36. The van der Waals surface area contributed by atoms with Crippen LogP contribution in [-0.4, -0.2) is 54.3 Å². The third-order valence-electron chi connectivity index (χ3n) is 5.79. The number of nitrogens with zero attached hydrogens (tertiary/aromatic N) is 2. The van der Waals surface area contributed by atoms with E-state index in [0.29, 0.717) is 17.8 Å². The summed E-state index contributed by atoms with van der Waals surface area (Å²) in [6.45, 7) is 6.68. The fourth-order valence-electron chi connectivity index (χ4n) is 4.31. The van der Waals surface area contributed by atoms with Gasteiger partial charge in [-0.3, -0.25) is 9.89 Å². The van der Waals surface area contributed by atoms with Crippen molar-refractivity contribution in [2.75, 3.05) is 7.05 Å². The normalized spacial score (nSPS) is 25.3. The summed E-state index contributed by atoms with van der Waals surface area (Å²) in [6.07, 6.45) is 4.57. The Morgan fingerprint density at radius 1 is 1.26 bits per heavy atom. The predicted molar refractivity (Wildman–Crippen MR) is 111 cm³/mol. The summed E-state index contributed by atoms with van der Waals surface area (Å²) in [6, 6.07) is 7.39. The predicted octanol–water partition coefficient (Wildman–Crippen LogP) is 3.15. The average molecular weight is 381 g/mol. The second kappa shape index (κ2) is 6.81. The summed E-state index contributed by atoms with van der Waals surface area (Å²) in [5.41, 5.74) is 5.68. The fraction of sp³-hybridized carbons (Fsp3) is 0.524. The smallest absolute Gasteiger partial charge is 0.272 e. The van der Waals surface area contributed by atoms with Crippen molar-refractivity contribution in [1.82, 2.24) is 20.4 Å². The van der Waals surface area contributed by atoms with Gasteiger partial charge in [-0.15, -0.1) is 5.54 Å². The van der Waals surface area contributed by atoms with Crippen LogP contribution in [0.2, 0.25) is 19.6 Å². The maximum absolute atomic E-state index is 12.9. The molecule has 0 saturated carbocycles. The van der Waals surface area contributed by atoms with Gasteiger partial charge in [-0.25, -0.2) is 0 Å². The van der Waals surface area contributed by atoms with Crippen molar-refractivity contribution in [2.45, 2.75) is 63.4 Å². The molecule has 2 bridgehead atoms. The van der Waals surface area contributed by atoms with Crippen LogP contribution in [0.3, 0.4) is 0 Å². The summed E-state index contributed by atoms with van der Waals surface area (Å²) in [5, 5.41) is 11.4. The van der Waals surface area contributed by atoms with Crippen LogP contribution in [0.5, 0.6) is 0 Å². The minimum atomic E-state index is -1.44. The number of piperidine rings is 1. The minimum Gasteiger partial charge on any atom is -0.348 e. The molecule has 27 heavy (non-hydrogen) atoms. The van der Waals surface area contributed by atoms with E-state index in [1.54, 1.807) is 0 Å². The number of carbonyl (C=O) groups is 1. The van der Waals surface area contributed by atoms with Crippen LogP contribution < -0.4 is 5.32 Å². The molecule has 0 aliphatic carbocycles. The molecular formula is C21H28N4OSi. The van der Waals surface area contributed by atoms with E-state index in [1.807, 2.05) is 18.2 Å². The third kappa shape index (κ3) is 3.80. The maximum atomic E-state index is 12.9. The lowest BCUT2D eigenvalue weighted by molar-refractivity contribution is 0.0879. The van der Waals surface area contributed by atoms with Gasteiger partial charge in [0.25, 0.3) is 5.91 Å². The third-order valence-corrected chi connectivity index (χ3v) is 6.67. The number of hydrogen-bond acceptors (Lipinski definition) is 3. The van der Waals surface area contributed by atoms with E-state index in [9.17, 15) is 4.79 Å². The van der Waals surface area contributed by atoms with Crippen molar-refractivity contribution in [3.8, 4) is 11.5 Å². The number of aromatic amines is 1. The van der Waals surface area contributed by atoms with E-state index in [2.05, 4.69) is 58.6 Å². The van der Waals surface area contributed by atoms with Crippen molar-refractivity contribution < 1.29 is 4.79 Å². The SMILES string of the molecule is CN1C2CCC1CC(NC(=O)c1n[nH]c3ccc(C#C[Si](C)(C)C)cc13)C2. The lowest BCUT2D eigenvalue weighted by Crippen LogP contribution is -2.48. The van der Waals surface area contributed by atoms with Gasteiger partial charge in [-0.05, 0) is 50.9 Å². The highest BCUT2D eigenvalue weighted by Gasteiger charge is 2.39. The molecule has 6 heteroatoms. The molecule has 3 heterocycles. The zero-order valence-electron chi connectivity index (χ0n) is 16.6. The van der Waals surface area contributed by atoms with Gasteiger partial charge in [-0.2, -0.15) is 5.10 Å². The standard InChI is InChI=1S/C21H28N4OSi/c1-25-16-6-7-17(25)13-15(12-16)22-21(26)20-18-11-14(9-10-27(2,3)4)5-8-19(18)23-24-20/h5,8,11,15-17H,6-7,12-13H2,1-4H3,(H,22,26)(H,23,24). The minimum absolute atomic E-state index is 0.0782. The monoisotopic (exact) mass is 380 g/mol. The Morgan fingerprint density at radius 2 is 1.96 bits per heavy atom. The molecule has 4 rings (SSSR count). The van der Waals surface area contributed by atoms with Crippen LogP contribution >= 0.6 is 0 Å². The number of fused-ring (bicyclic) bond motifs is 3. The Kier molecular flexibility index (Phi) is 4.61. The van der Waals surface area contributed by atoms with E-state index in [1.165, 1.54) is 12.8 Å². The molecule has 2 aliphatic heterocycles. The van der Waals surface area contributed by atoms with Crippen molar-refractivity contribution in [2.24, 2.45) is 0 Å². The number of hydrogen-bond donors (Lipinski definition) is 2. The Labute approximate surface area is 161 Å². The first-order valence-electron chi connectivity index (χ1n) is 9.84. The molecule has 2 fully saturated rings. The van der Waals surface area contributed by atoms with Gasteiger partial charge in [0, 0.05) is 29.1 Å². The zero-order chi connectivity index (χ0) is 19.2. The maximum Gasteiger partial charge on any atom is 0.272 e. The first kappa shape index (κ1) is 18.3. The van der Waals surface area contributed by atoms with Gasteiger partial charge >= 0.3 is 0 Å². The van der Waals surface area contributed by atoms with Crippen molar-refractivity contribution in [3.05, 3.63) is 29.5 Å². The number of aromatic nitrogens is 2. The highest BCUT2D eigenvalue weighted by molar-refractivity contribution is 6.83. The number of nitrogens with one attached hydrogen (secondary N) is 2. The van der Waals surface area contributed by atoms with Crippen LogP contribution in [0.15, 0.2) is 18.2 Å². The first-order chi connectivity index (χ1) is 12.8. The summed E-state index contributed by atoms with van der Waals surface area (Å²) in [5.74, 6) is 3.19. The first-order valence-corrected chi connectivity index (χ1v) is 13.3. The second-order valence-corrected chi connectivity index (χ2v) is 13.8. The molecule has 2 aromatic rings. The molecule has 142 valence electrons. The molecule has 2 atom stereocenters. The molecule has 2 aliphatic rings. The summed E-state index contributed by atoms with van der Waals surface area (Å²) in [7, 11) is 0.776. The fourth-order valence-corrected chi connectivity index (χ4v) is 4.83. The second-order valence-electron chi connectivity index (χ2n) is 9.02. The molecule has 2 N–H and O–H groups in total. The van der Waals surface area contributed by atoms with Crippen molar-refractivity contribution >= 4 is 24.9 Å². The van der Waals surface area contributed by atoms with E-state index in [0.717, 1.165) is 29.3 Å². The summed E-state index contributed by atoms with van der Waals surface area (Å²) in [4.78, 5) is 15.4. The molecule has 0 radical (unpaired) electrons. The van der Waals surface area contributed by atoms with Crippen molar-refractivity contribution in [3.63, 3.8) is 0 Å². The topological polar surface area (TPSA) is 61.0 Å². The van der Waals surface area contributed by atoms with Crippen LogP contribution in [0.1, 0.15) is 41.7 Å². The number of H-pyrrole nitrogens is 1. The number of benzene rings is 1. The summed E-state index contributed by atoms with van der Waals surface area (Å²) < 4.78 is 0. The van der Waals surface area contributed by atoms with E-state index >= 15 is 0 Å². The Balaban J connectivity index is 1.54. The van der Waals surface area contributed by atoms with Crippen LogP contribution in [0, 0.1) is 11.5 Å². The lowest BCUT2D eigenvalue weighted by atomic mass is 9.98. The van der Waals surface area contributed by atoms with E-state index in [4.69, 9.17) is 0 Å². The summed E-state index contributed by atoms with van der Waals surface area (Å²) >= 11 is 0. The van der Waals surface area contributed by atoms with Gasteiger partial charge in [0.2, 0.25) is 0 Å².